The Kier molecular flexibility index (Phi) is 2.38. The van der Waals surface area contributed by atoms with E-state index in [4.69, 9.17) is 10.8 Å². The van der Waals surface area contributed by atoms with E-state index < -0.39 is 5.97 Å². The normalized spacial score (nSPS) is 9.83. The Hall–Kier alpha value is -1.03. The van der Waals surface area contributed by atoms with E-state index in [1.54, 1.807) is 13.0 Å². The van der Waals surface area contributed by atoms with Crippen molar-refractivity contribution in [2.45, 2.75) is 6.92 Å². The van der Waals surface area contributed by atoms with Crippen LogP contribution in [0.3, 0.4) is 0 Å². The Morgan fingerprint density at radius 1 is 1.58 bits per heavy atom. The van der Waals surface area contributed by atoms with Gasteiger partial charge in [0.1, 0.15) is 0 Å². The van der Waals surface area contributed by atoms with Gasteiger partial charge in [0.05, 0.1) is 5.56 Å². The lowest BCUT2D eigenvalue weighted by Crippen LogP contribution is -2.01. The van der Waals surface area contributed by atoms with Gasteiger partial charge in [0, 0.05) is 10.2 Å². The molecule has 12 heavy (non-hydrogen) atoms. The lowest BCUT2D eigenvalue weighted by atomic mass is 10.1. The van der Waals surface area contributed by atoms with Crippen LogP contribution in [0.2, 0.25) is 0 Å². The van der Waals surface area contributed by atoms with Crippen LogP contribution in [-0.2, 0) is 0 Å². The minimum absolute atomic E-state index is 0.274. The van der Waals surface area contributed by atoms with Crippen LogP contribution in [0, 0.1) is 6.92 Å². The SMILES string of the molecule is Cc1c(C(=O)O)ccc(N)c1Br. The molecule has 0 aliphatic rings. The largest absolute Gasteiger partial charge is 0.478 e. The zero-order valence-electron chi connectivity index (χ0n) is 6.47. The topological polar surface area (TPSA) is 63.3 Å². The number of nitrogen functional groups attached to an aromatic ring is 1. The Bertz CT molecular complexity index is 336. The van der Waals surface area contributed by atoms with E-state index in [0.29, 0.717) is 15.7 Å². The van der Waals surface area contributed by atoms with Gasteiger partial charge in [0.15, 0.2) is 0 Å². The quantitative estimate of drug-likeness (QED) is 0.725. The first-order valence-electron chi connectivity index (χ1n) is 3.32. The van der Waals surface area contributed by atoms with Crippen LogP contribution in [0.15, 0.2) is 16.6 Å². The van der Waals surface area contributed by atoms with Gasteiger partial charge in [-0.15, -0.1) is 0 Å². The molecule has 0 saturated heterocycles. The smallest absolute Gasteiger partial charge is 0.335 e. The highest BCUT2D eigenvalue weighted by Gasteiger charge is 2.10. The van der Waals surface area contributed by atoms with Gasteiger partial charge < -0.3 is 10.8 Å². The predicted molar refractivity (Wildman–Crippen MR) is 50.3 cm³/mol. The molecule has 0 atom stereocenters. The summed E-state index contributed by atoms with van der Waals surface area (Å²) in [7, 11) is 0. The van der Waals surface area contributed by atoms with Gasteiger partial charge in [0.2, 0.25) is 0 Å². The van der Waals surface area contributed by atoms with Crippen molar-refractivity contribution in [3.05, 3.63) is 27.7 Å². The zero-order chi connectivity index (χ0) is 9.30. The highest BCUT2D eigenvalue weighted by atomic mass is 79.9. The molecule has 1 aromatic carbocycles. The maximum absolute atomic E-state index is 10.6. The Labute approximate surface area is 78.3 Å². The fourth-order valence-electron chi connectivity index (χ4n) is 0.938. The average Bonchev–Trinajstić information content (AvgIpc) is 2.00. The number of carboxylic acid groups (broad SMARTS) is 1. The van der Waals surface area contributed by atoms with Crippen LogP contribution >= 0.6 is 15.9 Å². The number of carbonyl (C=O) groups is 1. The molecular formula is C8H8BrNO2. The van der Waals surface area contributed by atoms with Crippen molar-refractivity contribution in [2.75, 3.05) is 5.73 Å². The van der Waals surface area contributed by atoms with Crippen LogP contribution in [-0.4, -0.2) is 11.1 Å². The highest BCUT2D eigenvalue weighted by molar-refractivity contribution is 9.10. The molecule has 0 spiro atoms. The Balaban J connectivity index is 3.36. The van der Waals surface area contributed by atoms with Gasteiger partial charge in [0.25, 0.3) is 0 Å². The van der Waals surface area contributed by atoms with E-state index in [1.165, 1.54) is 6.07 Å². The lowest BCUT2D eigenvalue weighted by Gasteiger charge is -2.05. The molecule has 0 amide bonds. The highest BCUT2D eigenvalue weighted by Crippen LogP contribution is 2.26. The molecule has 64 valence electrons. The molecule has 0 aromatic heterocycles. The van der Waals surface area contributed by atoms with Gasteiger partial charge >= 0.3 is 5.97 Å². The summed E-state index contributed by atoms with van der Waals surface area (Å²) in [5, 5.41) is 8.72. The van der Waals surface area contributed by atoms with Crippen molar-refractivity contribution in [3.63, 3.8) is 0 Å². The minimum atomic E-state index is -0.937. The number of rotatable bonds is 1. The monoisotopic (exact) mass is 229 g/mol. The van der Waals surface area contributed by atoms with E-state index in [9.17, 15) is 4.79 Å². The van der Waals surface area contributed by atoms with Gasteiger partial charge in [-0.2, -0.15) is 0 Å². The maximum Gasteiger partial charge on any atom is 0.335 e. The molecular weight excluding hydrogens is 222 g/mol. The Morgan fingerprint density at radius 3 is 2.67 bits per heavy atom. The van der Waals surface area contributed by atoms with Crippen LogP contribution in [0.1, 0.15) is 15.9 Å². The number of anilines is 1. The first-order chi connectivity index (χ1) is 5.54. The molecule has 0 aliphatic carbocycles. The van der Waals surface area contributed by atoms with Crippen molar-refractivity contribution in [2.24, 2.45) is 0 Å². The fraction of sp³-hybridized carbons (Fsp3) is 0.125. The number of halogens is 1. The van der Waals surface area contributed by atoms with Crippen LogP contribution in [0.25, 0.3) is 0 Å². The van der Waals surface area contributed by atoms with Gasteiger partial charge in [-0.1, -0.05) is 0 Å². The van der Waals surface area contributed by atoms with E-state index >= 15 is 0 Å². The molecule has 4 heteroatoms. The number of carboxylic acids is 1. The first-order valence-corrected chi connectivity index (χ1v) is 4.11. The molecule has 0 aliphatic heterocycles. The molecule has 3 N–H and O–H groups in total. The summed E-state index contributed by atoms with van der Waals surface area (Å²) in [6.45, 7) is 1.71. The van der Waals surface area contributed by atoms with E-state index in [1.807, 2.05) is 0 Å². The molecule has 0 saturated carbocycles. The number of nitrogens with two attached hydrogens (primary N) is 1. The fourth-order valence-corrected chi connectivity index (χ4v) is 1.28. The summed E-state index contributed by atoms with van der Waals surface area (Å²) < 4.78 is 0.655. The lowest BCUT2D eigenvalue weighted by molar-refractivity contribution is 0.0696. The summed E-state index contributed by atoms with van der Waals surface area (Å²) in [5.41, 5.74) is 7.03. The summed E-state index contributed by atoms with van der Waals surface area (Å²) in [4.78, 5) is 10.6. The first kappa shape index (κ1) is 9.06. The second-order valence-electron chi connectivity index (χ2n) is 2.45. The molecule has 0 heterocycles. The molecule has 0 bridgehead atoms. The summed E-state index contributed by atoms with van der Waals surface area (Å²) in [6, 6.07) is 3.07. The zero-order valence-corrected chi connectivity index (χ0v) is 8.05. The maximum atomic E-state index is 10.6. The summed E-state index contributed by atoms with van der Waals surface area (Å²) in [6.07, 6.45) is 0. The van der Waals surface area contributed by atoms with Crippen molar-refractivity contribution in [3.8, 4) is 0 Å². The van der Waals surface area contributed by atoms with Crippen LogP contribution < -0.4 is 5.73 Å². The van der Waals surface area contributed by atoms with Crippen molar-refractivity contribution >= 4 is 27.6 Å². The molecule has 1 rings (SSSR count). The third-order valence-electron chi connectivity index (χ3n) is 1.65. The summed E-state index contributed by atoms with van der Waals surface area (Å²) in [5.74, 6) is -0.937. The number of hydrogen-bond donors (Lipinski definition) is 2. The number of benzene rings is 1. The van der Waals surface area contributed by atoms with Crippen LogP contribution in [0.4, 0.5) is 5.69 Å². The van der Waals surface area contributed by atoms with E-state index in [-0.39, 0.29) is 5.56 Å². The van der Waals surface area contributed by atoms with Crippen molar-refractivity contribution < 1.29 is 9.90 Å². The van der Waals surface area contributed by atoms with Crippen molar-refractivity contribution in [1.82, 2.24) is 0 Å². The second-order valence-corrected chi connectivity index (χ2v) is 3.24. The third kappa shape index (κ3) is 1.43. The van der Waals surface area contributed by atoms with Gasteiger partial charge in [-0.3, -0.25) is 0 Å². The third-order valence-corrected chi connectivity index (χ3v) is 2.70. The average molecular weight is 230 g/mol. The van der Waals surface area contributed by atoms with Gasteiger partial charge in [-0.05, 0) is 40.5 Å². The van der Waals surface area contributed by atoms with E-state index in [0.717, 1.165) is 0 Å². The number of aromatic carboxylic acids is 1. The molecule has 0 unspecified atom stereocenters. The Morgan fingerprint density at radius 2 is 2.17 bits per heavy atom. The van der Waals surface area contributed by atoms with Crippen LogP contribution in [0.5, 0.6) is 0 Å². The predicted octanol–water partition coefficient (Wildman–Crippen LogP) is 2.04. The van der Waals surface area contributed by atoms with Gasteiger partial charge in [-0.25, -0.2) is 4.79 Å². The van der Waals surface area contributed by atoms with E-state index in [2.05, 4.69) is 15.9 Å². The molecule has 0 radical (unpaired) electrons. The second kappa shape index (κ2) is 3.15. The molecule has 0 fully saturated rings. The number of hydrogen-bond acceptors (Lipinski definition) is 2. The minimum Gasteiger partial charge on any atom is -0.478 e. The molecule has 1 aromatic rings. The van der Waals surface area contributed by atoms with Crippen molar-refractivity contribution in [1.29, 1.82) is 0 Å². The molecule has 3 nitrogen and oxygen atoms in total. The summed E-state index contributed by atoms with van der Waals surface area (Å²) >= 11 is 3.21. The standard InChI is InChI=1S/C8H8BrNO2/c1-4-5(8(11)12)2-3-6(10)7(4)9/h2-3H,10H2,1H3,(H,11,12).